The average Bonchev–Trinajstić information content (AvgIpc) is 3.39. The standard InChI is InChI=1S/C21H16ClFN4O2/c1-10-18(12-5-16(22)21-24-9-25-27(21)7-12)17(23)6-14-19(10)26(13-3-4-13)8-15(11(2)28)20(14)29/h5-9,13H,3-4H2,1-2H3. The van der Waals surface area contributed by atoms with E-state index < -0.39 is 11.2 Å². The van der Waals surface area contributed by atoms with Gasteiger partial charge in [-0.3, -0.25) is 9.59 Å². The maximum Gasteiger partial charge on any atom is 0.200 e. The van der Waals surface area contributed by atoms with Crippen molar-refractivity contribution in [1.29, 1.82) is 0 Å². The largest absolute Gasteiger partial charge is 0.343 e. The molecule has 3 aromatic heterocycles. The molecule has 0 spiro atoms. The van der Waals surface area contributed by atoms with Crippen molar-refractivity contribution < 1.29 is 9.18 Å². The Morgan fingerprint density at radius 1 is 1.28 bits per heavy atom. The SMILES string of the molecule is CC(=O)c1cn(C2CC2)c2c(C)c(-c3cc(Cl)c4ncnn4c3)c(F)cc2c1=O. The summed E-state index contributed by atoms with van der Waals surface area (Å²) in [5, 5.41) is 4.67. The fourth-order valence-corrected chi connectivity index (χ4v) is 4.20. The van der Waals surface area contributed by atoms with E-state index in [1.54, 1.807) is 25.4 Å². The molecule has 8 heteroatoms. The van der Waals surface area contributed by atoms with Crippen molar-refractivity contribution in [2.75, 3.05) is 0 Å². The van der Waals surface area contributed by atoms with E-state index in [4.69, 9.17) is 11.6 Å². The molecule has 3 heterocycles. The lowest BCUT2D eigenvalue weighted by molar-refractivity contribution is 0.101. The van der Waals surface area contributed by atoms with Crippen LogP contribution in [0.4, 0.5) is 4.39 Å². The number of pyridine rings is 2. The normalized spacial score (nSPS) is 14.1. The van der Waals surface area contributed by atoms with E-state index in [-0.39, 0.29) is 22.8 Å². The zero-order valence-electron chi connectivity index (χ0n) is 15.7. The summed E-state index contributed by atoms with van der Waals surface area (Å²) in [5.74, 6) is -0.873. The van der Waals surface area contributed by atoms with Crippen LogP contribution in [0.3, 0.4) is 0 Å². The van der Waals surface area contributed by atoms with Crippen molar-refractivity contribution in [3.63, 3.8) is 0 Å². The van der Waals surface area contributed by atoms with Gasteiger partial charge in [-0.15, -0.1) is 0 Å². The molecule has 0 saturated heterocycles. The van der Waals surface area contributed by atoms with Gasteiger partial charge in [-0.05, 0) is 44.4 Å². The number of nitrogens with zero attached hydrogens (tertiary/aromatic N) is 4. The van der Waals surface area contributed by atoms with Gasteiger partial charge in [0.2, 0.25) is 0 Å². The van der Waals surface area contributed by atoms with Crippen LogP contribution in [0.2, 0.25) is 5.02 Å². The first-order valence-corrected chi connectivity index (χ1v) is 9.62. The van der Waals surface area contributed by atoms with Gasteiger partial charge in [-0.25, -0.2) is 13.9 Å². The second-order valence-corrected chi connectivity index (χ2v) is 7.83. The molecule has 5 rings (SSSR count). The second-order valence-electron chi connectivity index (χ2n) is 7.43. The molecule has 1 aliphatic carbocycles. The first-order chi connectivity index (χ1) is 13.9. The van der Waals surface area contributed by atoms with E-state index in [1.165, 1.54) is 23.8 Å². The molecule has 0 bridgehead atoms. The lowest BCUT2D eigenvalue weighted by atomic mass is 9.96. The number of hydrogen-bond acceptors (Lipinski definition) is 4. The Morgan fingerprint density at radius 3 is 2.72 bits per heavy atom. The first kappa shape index (κ1) is 18.0. The van der Waals surface area contributed by atoms with Crippen molar-refractivity contribution in [2.45, 2.75) is 32.7 Å². The molecule has 1 fully saturated rings. The van der Waals surface area contributed by atoms with E-state index in [1.807, 2.05) is 4.57 Å². The number of benzene rings is 1. The zero-order chi connectivity index (χ0) is 20.4. The number of rotatable bonds is 3. The third-order valence-corrected chi connectivity index (χ3v) is 5.73. The number of carbonyl (C=O) groups is 1. The Bertz CT molecular complexity index is 1400. The summed E-state index contributed by atoms with van der Waals surface area (Å²) < 4.78 is 18.7. The number of aromatic nitrogens is 4. The van der Waals surface area contributed by atoms with Crippen molar-refractivity contribution in [3.05, 3.63) is 63.0 Å². The van der Waals surface area contributed by atoms with E-state index >= 15 is 4.39 Å². The minimum absolute atomic E-state index is 0.0861. The number of carbonyl (C=O) groups excluding carboxylic acids is 1. The summed E-state index contributed by atoms with van der Waals surface area (Å²) in [4.78, 5) is 28.9. The third kappa shape index (κ3) is 2.68. The van der Waals surface area contributed by atoms with E-state index in [2.05, 4.69) is 10.1 Å². The summed E-state index contributed by atoms with van der Waals surface area (Å²) in [6.07, 6.45) is 6.57. The highest BCUT2D eigenvalue weighted by Gasteiger charge is 2.28. The van der Waals surface area contributed by atoms with Gasteiger partial charge in [-0.2, -0.15) is 5.10 Å². The molecule has 0 atom stereocenters. The minimum atomic E-state index is -0.550. The van der Waals surface area contributed by atoms with Crippen LogP contribution in [-0.2, 0) is 0 Å². The predicted molar refractivity (Wildman–Crippen MR) is 108 cm³/mol. The second kappa shape index (κ2) is 6.22. The molecule has 4 aromatic rings. The lowest BCUT2D eigenvalue weighted by Crippen LogP contribution is -2.18. The van der Waals surface area contributed by atoms with Gasteiger partial charge in [0.05, 0.1) is 16.1 Å². The van der Waals surface area contributed by atoms with E-state index in [0.717, 1.165) is 12.8 Å². The molecular formula is C21H16ClFN4O2. The Labute approximate surface area is 169 Å². The molecular weight excluding hydrogens is 395 g/mol. The van der Waals surface area contributed by atoms with Gasteiger partial charge in [-0.1, -0.05) is 11.6 Å². The number of Topliss-reactive ketones (excluding diaryl/α,β-unsaturated/α-hetero) is 1. The maximum atomic E-state index is 15.3. The quantitative estimate of drug-likeness (QED) is 0.471. The molecule has 1 aromatic carbocycles. The highest BCUT2D eigenvalue weighted by atomic mass is 35.5. The number of fused-ring (bicyclic) bond motifs is 2. The Balaban J connectivity index is 1.88. The third-order valence-electron chi connectivity index (χ3n) is 5.45. The van der Waals surface area contributed by atoms with Gasteiger partial charge in [0, 0.05) is 34.9 Å². The van der Waals surface area contributed by atoms with Crippen molar-refractivity contribution in [1.82, 2.24) is 19.2 Å². The number of ketones is 1. The molecule has 0 unspecified atom stereocenters. The predicted octanol–water partition coefficient (Wildman–Crippen LogP) is 4.35. The monoisotopic (exact) mass is 410 g/mol. The smallest absolute Gasteiger partial charge is 0.200 e. The molecule has 0 aliphatic heterocycles. The van der Waals surface area contributed by atoms with Gasteiger partial charge in [0.25, 0.3) is 0 Å². The average molecular weight is 411 g/mol. The fraction of sp³-hybridized carbons (Fsp3) is 0.238. The van der Waals surface area contributed by atoms with Crippen molar-refractivity contribution in [3.8, 4) is 11.1 Å². The number of halogens is 2. The lowest BCUT2D eigenvalue weighted by Gasteiger charge is -2.18. The molecule has 146 valence electrons. The van der Waals surface area contributed by atoms with Crippen LogP contribution in [0, 0.1) is 12.7 Å². The van der Waals surface area contributed by atoms with Gasteiger partial charge in [0.1, 0.15) is 12.1 Å². The molecule has 29 heavy (non-hydrogen) atoms. The van der Waals surface area contributed by atoms with Gasteiger partial charge in [0.15, 0.2) is 16.9 Å². The highest BCUT2D eigenvalue weighted by Crippen LogP contribution is 2.40. The van der Waals surface area contributed by atoms with E-state index in [0.29, 0.717) is 32.9 Å². The van der Waals surface area contributed by atoms with Crippen LogP contribution in [0.5, 0.6) is 0 Å². The van der Waals surface area contributed by atoms with Gasteiger partial charge >= 0.3 is 0 Å². The summed E-state index contributed by atoms with van der Waals surface area (Å²) in [6.45, 7) is 3.14. The summed E-state index contributed by atoms with van der Waals surface area (Å²) in [5.41, 5.74) is 2.28. The van der Waals surface area contributed by atoms with Crippen LogP contribution in [0.15, 0.2) is 35.6 Å². The fourth-order valence-electron chi connectivity index (χ4n) is 3.95. The number of aryl methyl sites for hydroxylation is 1. The maximum absolute atomic E-state index is 15.3. The zero-order valence-corrected chi connectivity index (χ0v) is 16.5. The van der Waals surface area contributed by atoms with Crippen molar-refractivity contribution in [2.24, 2.45) is 0 Å². The Kier molecular flexibility index (Phi) is 3.86. The van der Waals surface area contributed by atoms with Crippen molar-refractivity contribution >= 4 is 33.9 Å². The summed E-state index contributed by atoms with van der Waals surface area (Å²) in [7, 11) is 0. The van der Waals surface area contributed by atoms with Crippen LogP contribution in [0.25, 0.3) is 27.7 Å². The molecule has 1 saturated carbocycles. The Hall–Kier alpha value is -3.06. The molecule has 6 nitrogen and oxygen atoms in total. The molecule has 0 N–H and O–H groups in total. The molecule has 0 radical (unpaired) electrons. The van der Waals surface area contributed by atoms with Crippen LogP contribution >= 0.6 is 11.6 Å². The first-order valence-electron chi connectivity index (χ1n) is 9.25. The topological polar surface area (TPSA) is 69.3 Å². The summed E-state index contributed by atoms with van der Waals surface area (Å²) >= 11 is 6.31. The highest BCUT2D eigenvalue weighted by molar-refractivity contribution is 6.33. The van der Waals surface area contributed by atoms with Crippen LogP contribution in [0.1, 0.15) is 41.7 Å². The molecule has 1 aliphatic rings. The van der Waals surface area contributed by atoms with E-state index in [9.17, 15) is 9.59 Å². The Morgan fingerprint density at radius 2 is 2.03 bits per heavy atom. The number of hydrogen-bond donors (Lipinski definition) is 0. The van der Waals surface area contributed by atoms with Crippen LogP contribution in [-0.4, -0.2) is 24.9 Å². The van der Waals surface area contributed by atoms with Crippen LogP contribution < -0.4 is 5.43 Å². The molecule has 0 amide bonds. The minimum Gasteiger partial charge on any atom is -0.343 e. The van der Waals surface area contributed by atoms with Gasteiger partial charge < -0.3 is 4.57 Å². The summed E-state index contributed by atoms with van der Waals surface area (Å²) in [6, 6.07) is 3.08.